The van der Waals surface area contributed by atoms with Crippen LogP contribution in [0.5, 0.6) is 0 Å². The number of esters is 1. The van der Waals surface area contributed by atoms with Crippen molar-refractivity contribution in [3.63, 3.8) is 0 Å². The summed E-state index contributed by atoms with van der Waals surface area (Å²) in [4.78, 5) is 12.3. The molecule has 106 valence electrons. The van der Waals surface area contributed by atoms with Crippen molar-refractivity contribution in [2.24, 2.45) is 0 Å². The van der Waals surface area contributed by atoms with Gasteiger partial charge in [0.2, 0.25) is 0 Å². The van der Waals surface area contributed by atoms with Crippen LogP contribution >= 0.6 is 11.3 Å². The fraction of sp³-hybridized carbons (Fsp3) is 0.125. The fourth-order valence-corrected chi connectivity index (χ4v) is 3.02. The first kappa shape index (κ1) is 13.6. The van der Waals surface area contributed by atoms with Crippen LogP contribution in [-0.4, -0.2) is 10.5 Å². The Morgan fingerprint density at radius 3 is 2.62 bits per heavy atom. The molecule has 0 aliphatic heterocycles. The van der Waals surface area contributed by atoms with E-state index in [1.807, 2.05) is 54.6 Å². The van der Waals surface area contributed by atoms with Crippen molar-refractivity contribution in [3.8, 4) is 0 Å². The first-order valence-electron chi connectivity index (χ1n) is 6.56. The third-order valence-corrected chi connectivity index (χ3v) is 4.12. The standard InChI is InChI=1S/C16H14N2O2S/c17-16-18(13-8-4-5-9-14(13)21-16)10-15(19)20-11-12-6-2-1-3-7-12/h1-9,17H,10-11H2. The zero-order valence-electron chi connectivity index (χ0n) is 11.3. The maximum absolute atomic E-state index is 12.0. The average molecular weight is 298 g/mol. The normalized spacial score (nSPS) is 10.7. The van der Waals surface area contributed by atoms with Crippen LogP contribution in [0.25, 0.3) is 10.2 Å². The number of thiazole rings is 1. The van der Waals surface area contributed by atoms with Gasteiger partial charge in [0, 0.05) is 0 Å². The van der Waals surface area contributed by atoms with Gasteiger partial charge in [-0.1, -0.05) is 53.8 Å². The molecule has 0 fully saturated rings. The molecule has 0 spiro atoms. The molecule has 3 rings (SSSR count). The second kappa shape index (κ2) is 5.93. The molecule has 0 saturated heterocycles. The van der Waals surface area contributed by atoms with Crippen molar-refractivity contribution >= 4 is 27.5 Å². The Kier molecular flexibility index (Phi) is 3.83. The molecule has 0 aliphatic rings. The molecule has 2 aromatic carbocycles. The second-order valence-corrected chi connectivity index (χ2v) is 5.64. The monoisotopic (exact) mass is 298 g/mol. The topological polar surface area (TPSA) is 55.1 Å². The molecule has 21 heavy (non-hydrogen) atoms. The summed E-state index contributed by atoms with van der Waals surface area (Å²) in [7, 11) is 0. The molecule has 0 aliphatic carbocycles. The summed E-state index contributed by atoms with van der Waals surface area (Å²) in [6, 6.07) is 17.3. The second-order valence-electron chi connectivity index (χ2n) is 4.61. The number of nitrogens with zero attached hydrogens (tertiary/aromatic N) is 1. The van der Waals surface area contributed by atoms with Crippen LogP contribution in [0.1, 0.15) is 5.56 Å². The van der Waals surface area contributed by atoms with E-state index in [1.54, 1.807) is 4.57 Å². The first-order chi connectivity index (χ1) is 10.2. The van der Waals surface area contributed by atoms with E-state index in [0.717, 1.165) is 15.8 Å². The highest BCUT2D eigenvalue weighted by Gasteiger charge is 2.10. The van der Waals surface area contributed by atoms with E-state index in [9.17, 15) is 4.79 Å². The van der Waals surface area contributed by atoms with Gasteiger partial charge >= 0.3 is 5.97 Å². The molecular formula is C16H14N2O2S. The molecule has 0 amide bonds. The van der Waals surface area contributed by atoms with Gasteiger partial charge < -0.3 is 9.30 Å². The number of aromatic nitrogens is 1. The van der Waals surface area contributed by atoms with Gasteiger partial charge in [0.05, 0.1) is 10.2 Å². The summed E-state index contributed by atoms with van der Waals surface area (Å²) >= 11 is 1.36. The van der Waals surface area contributed by atoms with E-state index in [2.05, 4.69) is 0 Å². The zero-order chi connectivity index (χ0) is 14.7. The summed E-state index contributed by atoms with van der Waals surface area (Å²) in [5.74, 6) is -0.332. The molecule has 0 radical (unpaired) electrons. The number of ether oxygens (including phenoxy) is 1. The van der Waals surface area contributed by atoms with Crippen molar-refractivity contribution < 1.29 is 9.53 Å². The highest BCUT2D eigenvalue weighted by atomic mass is 32.1. The third kappa shape index (κ3) is 3.03. The van der Waals surface area contributed by atoms with Gasteiger partial charge in [-0.05, 0) is 17.7 Å². The van der Waals surface area contributed by atoms with E-state index in [0.29, 0.717) is 4.80 Å². The molecule has 1 aromatic heterocycles. The number of nitrogens with one attached hydrogen (secondary N) is 1. The Morgan fingerprint density at radius 2 is 1.81 bits per heavy atom. The maximum Gasteiger partial charge on any atom is 0.326 e. The number of para-hydroxylation sites is 1. The Bertz CT molecular complexity index is 821. The van der Waals surface area contributed by atoms with Crippen LogP contribution in [-0.2, 0) is 22.7 Å². The van der Waals surface area contributed by atoms with Gasteiger partial charge in [-0.25, -0.2) is 0 Å². The van der Waals surface area contributed by atoms with Gasteiger partial charge in [0.1, 0.15) is 13.2 Å². The van der Waals surface area contributed by atoms with Crippen LogP contribution < -0.4 is 4.80 Å². The van der Waals surface area contributed by atoms with Gasteiger partial charge in [-0.3, -0.25) is 10.2 Å². The minimum absolute atomic E-state index is 0.0652. The van der Waals surface area contributed by atoms with Gasteiger partial charge in [-0.2, -0.15) is 0 Å². The zero-order valence-corrected chi connectivity index (χ0v) is 12.1. The maximum atomic E-state index is 12.0. The molecule has 5 heteroatoms. The number of hydrogen-bond donors (Lipinski definition) is 1. The molecule has 1 N–H and O–H groups in total. The van der Waals surface area contributed by atoms with Crippen LogP contribution in [0.2, 0.25) is 0 Å². The van der Waals surface area contributed by atoms with E-state index in [4.69, 9.17) is 10.1 Å². The molecule has 0 unspecified atom stereocenters. The lowest BCUT2D eigenvalue weighted by Crippen LogP contribution is -2.21. The van der Waals surface area contributed by atoms with Crippen LogP contribution in [0.15, 0.2) is 54.6 Å². The van der Waals surface area contributed by atoms with E-state index in [-0.39, 0.29) is 19.1 Å². The van der Waals surface area contributed by atoms with Crippen molar-refractivity contribution in [2.45, 2.75) is 13.2 Å². The van der Waals surface area contributed by atoms with Crippen LogP contribution in [0.3, 0.4) is 0 Å². The minimum atomic E-state index is -0.332. The average Bonchev–Trinajstić information content (AvgIpc) is 2.82. The highest BCUT2D eigenvalue weighted by Crippen LogP contribution is 2.16. The summed E-state index contributed by atoms with van der Waals surface area (Å²) in [5.41, 5.74) is 1.85. The largest absolute Gasteiger partial charge is 0.459 e. The van der Waals surface area contributed by atoms with E-state index >= 15 is 0 Å². The lowest BCUT2D eigenvalue weighted by molar-refractivity contribution is -0.145. The molecular weight excluding hydrogens is 284 g/mol. The predicted molar refractivity (Wildman–Crippen MR) is 81.9 cm³/mol. The predicted octanol–water partition coefficient (Wildman–Crippen LogP) is 2.93. The molecule has 0 bridgehead atoms. The van der Waals surface area contributed by atoms with Crippen LogP contribution in [0, 0.1) is 5.41 Å². The number of hydrogen-bond acceptors (Lipinski definition) is 4. The van der Waals surface area contributed by atoms with Crippen LogP contribution in [0.4, 0.5) is 0 Å². The summed E-state index contributed by atoms with van der Waals surface area (Å²) < 4.78 is 7.94. The molecule has 1 heterocycles. The van der Waals surface area contributed by atoms with Crippen molar-refractivity contribution in [3.05, 3.63) is 65.0 Å². The van der Waals surface area contributed by atoms with Crippen molar-refractivity contribution in [1.29, 1.82) is 5.41 Å². The Morgan fingerprint density at radius 1 is 1.10 bits per heavy atom. The SMILES string of the molecule is N=c1sc2ccccc2n1CC(=O)OCc1ccccc1. The number of carbonyl (C=O) groups is 1. The number of carbonyl (C=O) groups excluding carboxylic acids is 1. The smallest absolute Gasteiger partial charge is 0.326 e. The molecule has 3 aromatic rings. The van der Waals surface area contributed by atoms with Gasteiger partial charge in [0.15, 0.2) is 4.80 Å². The summed E-state index contributed by atoms with van der Waals surface area (Å²) in [5, 5.41) is 7.96. The lowest BCUT2D eigenvalue weighted by Gasteiger charge is -2.06. The number of fused-ring (bicyclic) bond motifs is 1. The molecule has 4 nitrogen and oxygen atoms in total. The number of rotatable bonds is 4. The lowest BCUT2D eigenvalue weighted by atomic mass is 10.2. The quantitative estimate of drug-likeness (QED) is 0.753. The van der Waals surface area contributed by atoms with Gasteiger partial charge in [0.25, 0.3) is 0 Å². The van der Waals surface area contributed by atoms with Gasteiger partial charge in [-0.15, -0.1) is 0 Å². The molecule has 0 saturated carbocycles. The number of benzene rings is 2. The Hall–Kier alpha value is -2.40. The Balaban J connectivity index is 1.72. The third-order valence-electron chi connectivity index (χ3n) is 3.14. The first-order valence-corrected chi connectivity index (χ1v) is 7.38. The van der Waals surface area contributed by atoms with E-state index < -0.39 is 0 Å². The molecule has 0 atom stereocenters. The van der Waals surface area contributed by atoms with E-state index in [1.165, 1.54) is 11.3 Å². The van der Waals surface area contributed by atoms with Crippen molar-refractivity contribution in [2.75, 3.05) is 0 Å². The highest BCUT2D eigenvalue weighted by molar-refractivity contribution is 7.16. The summed E-state index contributed by atoms with van der Waals surface area (Å²) in [6.07, 6.45) is 0. The fourth-order valence-electron chi connectivity index (χ4n) is 2.10. The Labute approximate surface area is 125 Å². The minimum Gasteiger partial charge on any atom is -0.459 e. The summed E-state index contributed by atoms with van der Waals surface area (Å²) in [6.45, 7) is 0.325. The van der Waals surface area contributed by atoms with Crippen molar-refractivity contribution in [1.82, 2.24) is 4.57 Å².